The summed E-state index contributed by atoms with van der Waals surface area (Å²) in [4.78, 5) is 0. The molecule has 0 saturated heterocycles. The SMILES string of the molecule is C#Cc1ccc(CCO)c(N)c1. The number of nitrogens with two attached hydrogens (primary N) is 1. The number of rotatable bonds is 2. The molecule has 0 atom stereocenters. The molecule has 12 heavy (non-hydrogen) atoms. The smallest absolute Gasteiger partial charge is 0.0472 e. The third-order valence-corrected chi connectivity index (χ3v) is 1.69. The number of hydrogen-bond acceptors (Lipinski definition) is 2. The second-order valence-electron chi connectivity index (χ2n) is 2.53. The molecule has 62 valence electrons. The van der Waals surface area contributed by atoms with Crippen molar-refractivity contribution in [3.8, 4) is 12.3 Å². The Labute approximate surface area is 72.0 Å². The van der Waals surface area contributed by atoms with Crippen molar-refractivity contribution >= 4 is 5.69 Å². The lowest BCUT2D eigenvalue weighted by Gasteiger charge is -2.03. The van der Waals surface area contributed by atoms with Crippen LogP contribution in [0, 0.1) is 12.3 Å². The summed E-state index contributed by atoms with van der Waals surface area (Å²) in [6.07, 6.45) is 5.77. The van der Waals surface area contributed by atoms with Crippen LogP contribution >= 0.6 is 0 Å². The fourth-order valence-electron chi connectivity index (χ4n) is 1.03. The predicted molar refractivity (Wildman–Crippen MR) is 49.6 cm³/mol. The molecule has 0 saturated carbocycles. The van der Waals surface area contributed by atoms with E-state index in [-0.39, 0.29) is 6.61 Å². The van der Waals surface area contributed by atoms with Crippen molar-refractivity contribution in [1.82, 2.24) is 0 Å². The number of anilines is 1. The van der Waals surface area contributed by atoms with Crippen LogP contribution in [0.2, 0.25) is 0 Å². The first kappa shape index (κ1) is 8.63. The first-order chi connectivity index (χ1) is 5.77. The average molecular weight is 161 g/mol. The lowest BCUT2D eigenvalue weighted by molar-refractivity contribution is 0.300. The Morgan fingerprint density at radius 3 is 2.75 bits per heavy atom. The summed E-state index contributed by atoms with van der Waals surface area (Å²) in [6, 6.07) is 5.41. The van der Waals surface area contributed by atoms with Gasteiger partial charge in [0.05, 0.1) is 0 Å². The molecule has 0 aromatic heterocycles. The van der Waals surface area contributed by atoms with Gasteiger partial charge in [0.2, 0.25) is 0 Å². The third kappa shape index (κ3) is 1.77. The van der Waals surface area contributed by atoms with E-state index < -0.39 is 0 Å². The molecule has 0 unspecified atom stereocenters. The minimum atomic E-state index is 0.111. The highest BCUT2D eigenvalue weighted by Crippen LogP contribution is 2.13. The highest BCUT2D eigenvalue weighted by Gasteiger charge is 1.98. The number of hydrogen-bond donors (Lipinski definition) is 2. The van der Waals surface area contributed by atoms with E-state index >= 15 is 0 Å². The molecule has 1 rings (SSSR count). The van der Waals surface area contributed by atoms with Gasteiger partial charge in [-0.2, -0.15) is 0 Å². The van der Waals surface area contributed by atoms with Crippen molar-refractivity contribution in [1.29, 1.82) is 0 Å². The van der Waals surface area contributed by atoms with Gasteiger partial charge in [-0.1, -0.05) is 12.0 Å². The molecule has 1 aromatic rings. The maximum atomic E-state index is 8.67. The monoisotopic (exact) mass is 161 g/mol. The van der Waals surface area contributed by atoms with Crippen LogP contribution in [0.5, 0.6) is 0 Å². The minimum Gasteiger partial charge on any atom is -0.398 e. The van der Waals surface area contributed by atoms with Crippen LogP contribution in [0.25, 0.3) is 0 Å². The lowest BCUT2D eigenvalue weighted by atomic mass is 10.1. The van der Waals surface area contributed by atoms with Crippen LogP contribution in [0.15, 0.2) is 18.2 Å². The van der Waals surface area contributed by atoms with Crippen LogP contribution in [0.4, 0.5) is 5.69 Å². The standard InChI is InChI=1S/C10H11NO/c1-2-8-3-4-9(5-6-12)10(11)7-8/h1,3-4,7,12H,5-6,11H2. The Hall–Kier alpha value is -1.46. The molecule has 0 amide bonds. The van der Waals surface area contributed by atoms with Gasteiger partial charge in [0.25, 0.3) is 0 Å². The van der Waals surface area contributed by atoms with Crippen LogP contribution in [0.1, 0.15) is 11.1 Å². The second kappa shape index (κ2) is 3.80. The number of aliphatic hydroxyl groups is 1. The molecule has 0 fully saturated rings. The molecule has 0 spiro atoms. The summed E-state index contributed by atoms with van der Waals surface area (Å²) >= 11 is 0. The van der Waals surface area contributed by atoms with Gasteiger partial charge in [0.15, 0.2) is 0 Å². The molecule has 2 heteroatoms. The molecular weight excluding hydrogens is 150 g/mol. The van der Waals surface area contributed by atoms with Gasteiger partial charge < -0.3 is 10.8 Å². The Morgan fingerprint density at radius 2 is 2.25 bits per heavy atom. The first-order valence-electron chi connectivity index (χ1n) is 3.74. The van der Waals surface area contributed by atoms with Crippen LogP contribution in [-0.4, -0.2) is 11.7 Å². The van der Waals surface area contributed by atoms with E-state index in [1.54, 1.807) is 6.07 Å². The summed E-state index contributed by atoms with van der Waals surface area (Å²) in [5.74, 6) is 2.49. The van der Waals surface area contributed by atoms with Gasteiger partial charge >= 0.3 is 0 Å². The van der Waals surface area contributed by atoms with Crippen molar-refractivity contribution in [2.45, 2.75) is 6.42 Å². The van der Waals surface area contributed by atoms with Crippen LogP contribution in [0.3, 0.4) is 0 Å². The molecule has 0 aliphatic heterocycles. The minimum absolute atomic E-state index is 0.111. The van der Waals surface area contributed by atoms with Crippen molar-refractivity contribution in [2.24, 2.45) is 0 Å². The molecule has 3 N–H and O–H groups in total. The molecule has 0 bridgehead atoms. The van der Waals surface area contributed by atoms with E-state index in [0.29, 0.717) is 12.1 Å². The fraction of sp³-hybridized carbons (Fsp3) is 0.200. The van der Waals surface area contributed by atoms with E-state index in [0.717, 1.165) is 11.1 Å². The summed E-state index contributed by atoms with van der Waals surface area (Å²) in [5.41, 5.74) is 8.04. The van der Waals surface area contributed by atoms with Gasteiger partial charge in [0, 0.05) is 17.9 Å². The summed E-state index contributed by atoms with van der Waals surface area (Å²) in [7, 11) is 0. The maximum Gasteiger partial charge on any atom is 0.0472 e. The lowest BCUT2D eigenvalue weighted by Crippen LogP contribution is -1.97. The molecule has 0 aliphatic rings. The van der Waals surface area contributed by atoms with E-state index in [9.17, 15) is 0 Å². The normalized spacial score (nSPS) is 9.33. The van der Waals surface area contributed by atoms with Crippen molar-refractivity contribution in [3.05, 3.63) is 29.3 Å². The van der Waals surface area contributed by atoms with Crippen LogP contribution < -0.4 is 5.73 Å². The Bertz CT molecular complexity index is 312. The summed E-state index contributed by atoms with van der Waals surface area (Å²) in [5, 5.41) is 8.67. The Balaban J connectivity index is 2.97. The van der Waals surface area contributed by atoms with E-state index in [4.69, 9.17) is 17.3 Å². The van der Waals surface area contributed by atoms with Crippen molar-refractivity contribution in [2.75, 3.05) is 12.3 Å². The molecule has 0 heterocycles. The molecular formula is C10H11NO. The molecule has 0 radical (unpaired) electrons. The quantitative estimate of drug-likeness (QED) is 0.497. The van der Waals surface area contributed by atoms with Crippen molar-refractivity contribution < 1.29 is 5.11 Å². The molecule has 0 aliphatic carbocycles. The maximum absolute atomic E-state index is 8.67. The second-order valence-corrected chi connectivity index (χ2v) is 2.53. The largest absolute Gasteiger partial charge is 0.398 e. The van der Waals surface area contributed by atoms with Crippen LogP contribution in [-0.2, 0) is 6.42 Å². The topological polar surface area (TPSA) is 46.2 Å². The third-order valence-electron chi connectivity index (χ3n) is 1.69. The zero-order chi connectivity index (χ0) is 8.97. The van der Waals surface area contributed by atoms with Gasteiger partial charge in [-0.25, -0.2) is 0 Å². The number of terminal acetylenes is 1. The molecule has 1 aromatic carbocycles. The number of aliphatic hydroxyl groups excluding tert-OH is 1. The first-order valence-corrected chi connectivity index (χ1v) is 3.74. The Morgan fingerprint density at radius 1 is 1.50 bits per heavy atom. The van der Waals surface area contributed by atoms with Gasteiger partial charge in [-0.3, -0.25) is 0 Å². The predicted octanol–water partition coefficient (Wildman–Crippen LogP) is 0.785. The zero-order valence-corrected chi connectivity index (χ0v) is 6.75. The average Bonchev–Trinajstić information content (AvgIpc) is 2.09. The summed E-state index contributed by atoms with van der Waals surface area (Å²) < 4.78 is 0. The van der Waals surface area contributed by atoms with Gasteiger partial charge in [-0.15, -0.1) is 6.42 Å². The number of benzene rings is 1. The Kier molecular flexibility index (Phi) is 2.73. The van der Waals surface area contributed by atoms with Crippen molar-refractivity contribution in [3.63, 3.8) is 0 Å². The van der Waals surface area contributed by atoms with E-state index in [2.05, 4.69) is 5.92 Å². The zero-order valence-electron chi connectivity index (χ0n) is 6.75. The number of nitrogen functional groups attached to an aromatic ring is 1. The van der Waals surface area contributed by atoms with E-state index in [1.165, 1.54) is 0 Å². The fourth-order valence-corrected chi connectivity index (χ4v) is 1.03. The highest BCUT2D eigenvalue weighted by atomic mass is 16.2. The summed E-state index contributed by atoms with van der Waals surface area (Å²) in [6.45, 7) is 0.111. The molecule has 2 nitrogen and oxygen atoms in total. The highest BCUT2D eigenvalue weighted by molar-refractivity contribution is 5.52. The van der Waals surface area contributed by atoms with Gasteiger partial charge in [0.1, 0.15) is 0 Å². The van der Waals surface area contributed by atoms with E-state index in [1.807, 2.05) is 12.1 Å². The van der Waals surface area contributed by atoms with Gasteiger partial charge in [-0.05, 0) is 24.1 Å².